The van der Waals surface area contributed by atoms with Gasteiger partial charge < -0.3 is 5.32 Å². The number of aryl methyl sites for hydroxylation is 2. The molecule has 0 unspecified atom stereocenters. The molecule has 3 rings (SSSR count). The van der Waals surface area contributed by atoms with Crippen LogP contribution in [0.15, 0.2) is 52.1 Å². The summed E-state index contributed by atoms with van der Waals surface area (Å²) in [5, 5.41) is 3.63. The Balaban J connectivity index is 2.00. The molecule has 1 N–H and O–H groups in total. The van der Waals surface area contributed by atoms with Crippen LogP contribution in [0.3, 0.4) is 0 Å². The molecule has 3 nitrogen and oxygen atoms in total. The number of benzene rings is 2. The van der Waals surface area contributed by atoms with Crippen LogP contribution in [0, 0.1) is 13.8 Å². The molecule has 0 aliphatic rings. The van der Waals surface area contributed by atoms with Gasteiger partial charge in [0.15, 0.2) is 0 Å². The SMILES string of the molecule is Cc1ccc(-c2c(Nc3ccc(C)c(Cl)c3)c(=O)c2=O)cc1. The highest BCUT2D eigenvalue weighted by Crippen LogP contribution is 2.28. The molecule has 0 aliphatic carbocycles. The van der Waals surface area contributed by atoms with Crippen LogP contribution in [-0.2, 0) is 0 Å². The molecular weight excluding hydrogens is 298 g/mol. The summed E-state index contributed by atoms with van der Waals surface area (Å²) in [6.07, 6.45) is 0. The van der Waals surface area contributed by atoms with Crippen LogP contribution >= 0.6 is 11.6 Å². The highest BCUT2D eigenvalue weighted by molar-refractivity contribution is 6.31. The van der Waals surface area contributed by atoms with Gasteiger partial charge in [-0.3, -0.25) is 9.59 Å². The second-order valence-electron chi connectivity index (χ2n) is 5.36. The van der Waals surface area contributed by atoms with Crippen LogP contribution < -0.4 is 16.2 Å². The van der Waals surface area contributed by atoms with E-state index in [1.54, 1.807) is 6.07 Å². The first-order valence-electron chi connectivity index (χ1n) is 6.91. The first-order chi connectivity index (χ1) is 10.5. The van der Waals surface area contributed by atoms with Gasteiger partial charge in [-0.05, 0) is 37.1 Å². The molecule has 0 aliphatic heterocycles. The topological polar surface area (TPSA) is 46.2 Å². The second kappa shape index (κ2) is 5.43. The van der Waals surface area contributed by atoms with E-state index in [0.29, 0.717) is 22.0 Å². The smallest absolute Gasteiger partial charge is 0.250 e. The largest absolute Gasteiger partial charge is 0.352 e. The van der Waals surface area contributed by atoms with Gasteiger partial charge in [0.05, 0.1) is 5.56 Å². The Labute approximate surface area is 132 Å². The molecule has 0 spiro atoms. The Morgan fingerprint density at radius 3 is 2.23 bits per heavy atom. The summed E-state index contributed by atoms with van der Waals surface area (Å²) in [4.78, 5) is 23.8. The maximum absolute atomic E-state index is 11.9. The van der Waals surface area contributed by atoms with Crippen molar-refractivity contribution in [3.8, 4) is 11.1 Å². The number of hydrogen-bond acceptors (Lipinski definition) is 3. The van der Waals surface area contributed by atoms with Gasteiger partial charge in [-0.1, -0.05) is 47.5 Å². The Bertz CT molecular complexity index is 919. The zero-order chi connectivity index (χ0) is 15.9. The Morgan fingerprint density at radius 2 is 1.59 bits per heavy atom. The third-order valence-corrected chi connectivity index (χ3v) is 4.10. The average Bonchev–Trinajstić information content (AvgIpc) is 2.51. The van der Waals surface area contributed by atoms with Crippen LogP contribution in [0.2, 0.25) is 5.02 Å². The molecule has 22 heavy (non-hydrogen) atoms. The van der Waals surface area contributed by atoms with Gasteiger partial charge in [0.2, 0.25) is 5.43 Å². The molecule has 0 bridgehead atoms. The maximum Gasteiger partial charge on any atom is 0.250 e. The molecule has 0 atom stereocenters. The van der Waals surface area contributed by atoms with Crippen molar-refractivity contribution in [1.29, 1.82) is 0 Å². The van der Waals surface area contributed by atoms with Crippen molar-refractivity contribution in [2.75, 3.05) is 5.32 Å². The number of anilines is 2. The predicted molar refractivity (Wildman–Crippen MR) is 91.0 cm³/mol. The normalized spacial score (nSPS) is 10.9. The predicted octanol–water partition coefficient (Wildman–Crippen LogP) is 3.96. The molecule has 0 radical (unpaired) electrons. The highest BCUT2D eigenvalue weighted by Gasteiger charge is 2.22. The van der Waals surface area contributed by atoms with Crippen molar-refractivity contribution >= 4 is 23.0 Å². The molecule has 0 amide bonds. The van der Waals surface area contributed by atoms with Crippen LogP contribution in [0.25, 0.3) is 11.1 Å². The fourth-order valence-corrected chi connectivity index (χ4v) is 2.50. The minimum Gasteiger partial charge on any atom is -0.352 e. The zero-order valence-electron chi connectivity index (χ0n) is 12.2. The van der Waals surface area contributed by atoms with Crippen molar-refractivity contribution in [2.24, 2.45) is 0 Å². The molecule has 3 aromatic carbocycles. The molecule has 0 saturated heterocycles. The highest BCUT2D eigenvalue weighted by atomic mass is 35.5. The van der Waals surface area contributed by atoms with E-state index < -0.39 is 10.9 Å². The van der Waals surface area contributed by atoms with Crippen molar-refractivity contribution < 1.29 is 0 Å². The van der Waals surface area contributed by atoms with E-state index in [4.69, 9.17) is 11.6 Å². The fraction of sp³-hybridized carbons (Fsp3) is 0.111. The van der Waals surface area contributed by atoms with Gasteiger partial charge in [-0.15, -0.1) is 0 Å². The van der Waals surface area contributed by atoms with Gasteiger partial charge in [-0.2, -0.15) is 0 Å². The standard InChI is InChI=1S/C18H14ClNO2/c1-10-3-6-12(7-4-10)15-16(18(22)17(15)21)20-13-8-5-11(2)14(19)9-13/h3-9,20H,1-2H3. The van der Waals surface area contributed by atoms with Crippen molar-refractivity contribution in [3.05, 3.63) is 79.1 Å². The van der Waals surface area contributed by atoms with Gasteiger partial charge >= 0.3 is 0 Å². The van der Waals surface area contributed by atoms with Gasteiger partial charge in [0.1, 0.15) is 5.69 Å². The lowest BCUT2D eigenvalue weighted by Gasteiger charge is -2.14. The van der Waals surface area contributed by atoms with Crippen molar-refractivity contribution in [1.82, 2.24) is 0 Å². The van der Waals surface area contributed by atoms with E-state index in [1.165, 1.54) is 0 Å². The van der Waals surface area contributed by atoms with E-state index in [1.807, 2.05) is 50.2 Å². The Morgan fingerprint density at radius 1 is 0.909 bits per heavy atom. The minimum absolute atomic E-state index is 0.328. The summed E-state index contributed by atoms with van der Waals surface area (Å²) >= 11 is 6.09. The molecule has 0 heterocycles. The van der Waals surface area contributed by atoms with Gasteiger partial charge in [0, 0.05) is 10.7 Å². The molecule has 0 aromatic heterocycles. The second-order valence-corrected chi connectivity index (χ2v) is 5.77. The number of rotatable bonds is 3. The van der Waals surface area contributed by atoms with Gasteiger partial charge in [0.25, 0.3) is 5.43 Å². The average molecular weight is 312 g/mol. The van der Waals surface area contributed by atoms with Gasteiger partial charge in [-0.25, -0.2) is 0 Å². The van der Waals surface area contributed by atoms with Crippen LogP contribution in [0.4, 0.5) is 11.4 Å². The number of halogens is 1. The van der Waals surface area contributed by atoms with Crippen LogP contribution in [0.5, 0.6) is 0 Å². The summed E-state index contributed by atoms with van der Waals surface area (Å²) in [5.74, 6) is 0. The molecular formula is C18H14ClNO2. The quantitative estimate of drug-likeness (QED) is 0.745. The summed E-state index contributed by atoms with van der Waals surface area (Å²) in [6.45, 7) is 3.88. The third-order valence-electron chi connectivity index (χ3n) is 3.69. The molecule has 0 saturated carbocycles. The Hall–Kier alpha value is -2.39. The molecule has 4 heteroatoms. The van der Waals surface area contributed by atoms with E-state index in [0.717, 1.165) is 16.7 Å². The van der Waals surface area contributed by atoms with E-state index >= 15 is 0 Å². The number of hydrogen-bond donors (Lipinski definition) is 1. The summed E-state index contributed by atoms with van der Waals surface area (Å²) in [6, 6.07) is 13.0. The first-order valence-corrected chi connectivity index (χ1v) is 7.28. The fourth-order valence-electron chi connectivity index (χ4n) is 2.32. The lowest BCUT2D eigenvalue weighted by atomic mass is 9.97. The van der Waals surface area contributed by atoms with Crippen molar-refractivity contribution in [3.63, 3.8) is 0 Å². The zero-order valence-corrected chi connectivity index (χ0v) is 13.0. The molecule has 0 fully saturated rings. The minimum atomic E-state index is -0.493. The van der Waals surface area contributed by atoms with Crippen LogP contribution in [0.1, 0.15) is 11.1 Å². The monoisotopic (exact) mass is 311 g/mol. The Kier molecular flexibility index (Phi) is 3.59. The van der Waals surface area contributed by atoms with Crippen LogP contribution in [-0.4, -0.2) is 0 Å². The summed E-state index contributed by atoms with van der Waals surface area (Å²) in [7, 11) is 0. The third kappa shape index (κ3) is 2.44. The van der Waals surface area contributed by atoms with E-state index in [2.05, 4.69) is 5.32 Å². The summed E-state index contributed by atoms with van der Waals surface area (Å²) < 4.78 is 0. The van der Waals surface area contributed by atoms with E-state index in [-0.39, 0.29) is 0 Å². The van der Waals surface area contributed by atoms with Crippen molar-refractivity contribution in [2.45, 2.75) is 13.8 Å². The maximum atomic E-state index is 11.9. The van der Waals surface area contributed by atoms with E-state index in [9.17, 15) is 9.59 Å². The summed E-state index contributed by atoms with van der Waals surface area (Å²) in [5.41, 5.74) is 3.30. The molecule has 3 aromatic rings. The lowest BCUT2D eigenvalue weighted by Crippen LogP contribution is -2.35. The number of nitrogens with one attached hydrogen (secondary N) is 1. The first kappa shape index (κ1) is 14.5. The lowest BCUT2D eigenvalue weighted by molar-refractivity contribution is 1.36. The molecule has 110 valence electrons.